The summed E-state index contributed by atoms with van der Waals surface area (Å²) in [5.74, 6) is 0. The van der Waals surface area contributed by atoms with Gasteiger partial charge < -0.3 is 10.2 Å². The molecule has 1 aromatic rings. The van der Waals surface area contributed by atoms with Crippen molar-refractivity contribution in [1.82, 2.24) is 9.80 Å². The van der Waals surface area contributed by atoms with Crippen molar-refractivity contribution in [3.05, 3.63) is 30.3 Å². The maximum Gasteiger partial charge on any atom is 0.0340 e. The molecule has 0 aliphatic carbocycles. The second-order valence-corrected chi connectivity index (χ2v) is 5.78. The first-order chi connectivity index (χ1) is 9.79. The van der Waals surface area contributed by atoms with Crippen molar-refractivity contribution in [3.8, 4) is 0 Å². The number of rotatable bonds is 7. The molecule has 0 spiro atoms. The average molecular weight is 275 g/mol. The van der Waals surface area contributed by atoms with Gasteiger partial charge in [-0.05, 0) is 38.4 Å². The largest absolute Gasteiger partial charge is 0.385 e. The van der Waals surface area contributed by atoms with Crippen LogP contribution in [-0.4, -0.2) is 55.1 Å². The summed E-state index contributed by atoms with van der Waals surface area (Å²) in [6.07, 6.45) is 2.49. The zero-order valence-electron chi connectivity index (χ0n) is 13.0. The molecule has 1 heterocycles. The summed E-state index contributed by atoms with van der Waals surface area (Å²) >= 11 is 0. The van der Waals surface area contributed by atoms with E-state index >= 15 is 0 Å². The second-order valence-electron chi connectivity index (χ2n) is 5.78. The van der Waals surface area contributed by atoms with Crippen LogP contribution in [-0.2, 0) is 0 Å². The zero-order valence-corrected chi connectivity index (χ0v) is 13.0. The predicted octanol–water partition coefficient (Wildman–Crippen LogP) is 2.90. The molecular formula is C17H29N3. The van der Waals surface area contributed by atoms with Gasteiger partial charge >= 0.3 is 0 Å². The van der Waals surface area contributed by atoms with Gasteiger partial charge in [0.05, 0.1) is 0 Å². The molecular weight excluding hydrogens is 246 g/mol. The van der Waals surface area contributed by atoms with Gasteiger partial charge in [0.15, 0.2) is 0 Å². The van der Waals surface area contributed by atoms with Gasteiger partial charge in [-0.3, -0.25) is 4.90 Å². The fraction of sp³-hybridized carbons (Fsp3) is 0.647. The van der Waals surface area contributed by atoms with Crippen molar-refractivity contribution in [1.29, 1.82) is 0 Å². The van der Waals surface area contributed by atoms with Crippen LogP contribution >= 0.6 is 0 Å². The van der Waals surface area contributed by atoms with E-state index in [0.29, 0.717) is 0 Å². The van der Waals surface area contributed by atoms with E-state index in [0.717, 1.165) is 12.6 Å². The Morgan fingerprint density at radius 3 is 2.45 bits per heavy atom. The molecule has 1 fully saturated rings. The van der Waals surface area contributed by atoms with E-state index in [-0.39, 0.29) is 0 Å². The van der Waals surface area contributed by atoms with Gasteiger partial charge in [-0.1, -0.05) is 25.1 Å². The average Bonchev–Trinajstić information content (AvgIpc) is 2.52. The van der Waals surface area contributed by atoms with Crippen LogP contribution in [0.1, 0.15) is 26.7 Å². The lowest BCUT2D eigenvalue weighted by Gasteiger charge is -2.37. The van der Waals surface area contributed by atoms with Crippen molar-refractivity contribution in [2.75, 3.05) is 44.6 Å². The first-order valence-corrected chi connectivity index (χ1v) is 8.05. The fourth-order valence-corrected chi connectivity index (χ4v) is 2.78. The molecule has 1 aliphatic rings. The standard InChI is InChI=1S/C17H29N3/c1-3-16(2)20-14-12-19(13-15-20)11-7-10-18-17-8-5-4-6-9-17/h4-6,8-9,16,18H,3,7,10-15H2,1-2H3. The maximum atomic E-state index is 3.48. The van der Waals surface area contributed by atoms with Gasteiger partial charge in [0, 0.05) is 44.5 Å². The first kappa shape index (κ1) is 15.3. The lowest BCUT2D eigenvalue weighted by Crippen LogP contribution is -2.49. The van der Waals surface area contributed by atoms with Crippen LogP contribution in [0.2, 0.25) is 0 Å². The van der Waals surface area contributed by atoms with Crippen LogP contribution in [0, 0.1) is 0 Å². The zero-order chi connectivity index (χ0) is 14.2. The Kier molecular flexibility index (Phi) is 6.34. The minimum absolute atomic E-state index is 0.747. The van der Waals surface area contributed by atoms with Gasteiger partial charge in [0.1, 0.15) is 0 Å². The van der Waals surface area contributed by atoms with Crippen molar-refractivity contribution >= 4 is 5.69 Å². The molecule has 0 radical (unpaired) electrons. The molecule has 2 rings (SSSR count). The highest BCUT2D eigenvalue weighted by atomic mass is 15.3. The second kappa shape index (κ2) is 8.28. The third-order valence-electron chi connectivity index (χ3n) is 4.38. The highest BCUT2D eigenvalue weighted by Crippen LogP contribution is 2.09. The van der Waals surface area contributed by atoms with Gasteiger partial charge in [-0.2, -0.15) is 0 Å². The van der Waals surface area contributed by atoms with Crippen molar-refractivity contribution < 1.29 is 0 Å². The minimum Gasteiger partial charge on any atom is -0.385 e. The number of anilines is 1. The number of hydrogen-bond acceptors (Lipinski definition) is 3. The molecule has 1 saturated heterocycles. The molecule has 0 saturated carbocycles. The summed E-state index contributed by atoms with van der Waals surface area (Å²) in [5, 5.41) is 3.48. The topological polar surface area (TPSA) is 18.5 Å². The third kappa shape index (κ3) is 4.80. The van der Waals surface area contributed by atoms with E-state index in [9.17, 15) is 0 Å². The van der Waals surface area contributed by atoms with E-state index < -0.39 is 0 Å². The number of benzene rings is 1. The highest BCUT2D eigenvalue weighted by molar-refractivity contribution is 5.42. The van der Waals surface area contributed by atoms with Crippen LogP contribution in [0.4, 0.5) is 5.69 Å². The fourth-order valence-electron chi connectivity index (χ4n) is 2.78. The number of nitrogens with one attached hydrogen (secondary N) is 1. The SMILES string of the molecule is CCC(C)N1CCN(CCCNc2ccccc2)CC1. The Bertz CT molecular complexity index is 358. The lowest BCUT2D eigenvalue weighted by atomic mass is 10.2. The Hall–Kier alpha value is -1.06. The Morgan fingerprint density at radius 2 is 1.80 bits per heavy atom. The third-order valence-corrected chi connectivity index (χ3v) is 4.38. The van der Waals surface area contributed by atoms with E-state index in [1.807, 2.05) is 0 Å². The summed E-state index contributed by atoms with van der Waals surface area (Å²) in [6, 6.07) is 11.2. The normalized spacial score (nSPS) is 18.9. The summed E-state index contributed by atoms with van der Waals surface area (Å²) in [6.45, 7) is 11.9. The molecule has 0 bridgehead atoms. The van der Waals surface area contributed by atoms with Crippen LogP contribution < -0.4 is 5.32 Å². The van der Waals surface area contributed by atoms with E-state index in [4.69, 9.17) is 0 Å². The van der Waals surface area contributed by atoms with Crippen LogP contribution in [0.5, 0.6) is 0 Å². The molecule has 0 amide bonds. The lowest BCUT2D eigenvalue weighted by molar-refractivity contribution is 0.101. The van der Waals surface area contributed by atoms with Gasteiger partial charge in [0.2, 0.25) is 0 Å². The van der Waals surface area contributed by atoms with Gasteiger partial charge in [0.25, 0.3) is 0 Å². The number of para-hydroxylation sites is 1. The molecule has 1 aliphatic heterocycles. The molecule has 20 heavy (non-hydrogen) atoms. The molecule has 3 heteroatoms. The summed E-state index contributed by atoms with van der Waals surface area (Å²) in [4.78, 5) is 5.23. The molecule has 1 N–H and O–H groups in total. The Morgan fingerprint density at radius 1 is 1.10 bits per heavy atom. The van der Waals surface area contributed by atoms with E-state index in [2.05, 4.69) is 59.3 Å². The number of nitrogens with zero attached hydrogens (tertiary/aromatic N) is 2. The Labute approximate surface area is 124 Å². The molecule has 0 aromatic heterocycles. The molecule has 1 atom stereocenters. The molecule has 112 valence electrons. The summed E-state index contributed by atoms with van der Waals surface area (Å²) in [5.41, 5.74) is 1.23. The van der Waals surface area contributed by atoms with E-state index in [1.54, 1.807) is 0 Å². The van der Waals surface area contributed by atoms with Crippen molar-refractivity contribution in [2.45, 2.75) is 32.7 Å². The van der Waals surface area contributed by atoms with Gasteiger partial charge in [-0.25, -0.2) is 0 Å². The van der Waals surface area contributed by atoms with Crippen LogP contribution in [0.3, 0.4) is 0 Å². The summed E-state index contributed by atoms with van der Waals surface area (Å²) < 4.78 is 0. The van der Waals surface area contributed by atoms with Crippen molar-refractivity contribution in [3.63, 3.8) is 0 Å². The van der Waals surface area contributed by atoms with Crippen LogP contribution in [0.15, 0.2) is 30.3 Å². The Balaban J connectivity index is 1.57. The molecule has 1 unspecified atom stereocenters. The van der Waals surface area contributed by atoms with Crippen molar-refractivity contribution in [2.24, 2.45) is 0 Å². The predicted molar refractivity (Wildman–Crippen MR) is 87.3 cm³/mol. The molecule has 3 nitrogen and oxygen atoms in total. The quantitative estimate of drug-likeness (QED) is 0.772. The van der Waals surface area contributed by atoms with Crippen LogP contribution in [0.25, 0.3) is 0 Å². The highest BCUT2D eigenvalue weighted by Gasteiger charge is 2.19. The number of piperazine rings is 1. The molecule has 1 aromatic carbocycles. The summed E-state index contributed by atoms with van der Waals surface area (Å²) in [7, 11) is 0. The smallest absolute Gasteiger partial charge is 0.0340 e. The monoisotopic (exact) mass is 275 g/mol. The minimum atomic E-state index is 0.747. The number of hydrogen-bond donors (Lipinski definition) is 1. The maximum absolute atomic E-state index is 3.48. The van der Waals surface area contributed by atoms with E-state index in [1.165, 1.54) is 51.3 Å². The van der Waals surface area contributed by atoms with Gasteiger partial charge in [-0.15, -0.1) is 0 Å². The first-order valence-electron chi connectivity index (χ1n) is 8.05.